The van der Waals surface area contributed by atoms with Crippen molar-refractivity contribution in [3.63, 3.8) is 0 Å². The van der Waals surface area contributed by atoms with Gasteiger partial charge in [-0.1, -0.05) is 30.7 Å². The van der Waals surface area contributed by atoms with Gasteiger partial charge >= 0.3 is 0 Å². The lowest BCUT2D eigenvalue weighted by Crippen LogP contribution is -2.36. The molecule has 1 fully saturated rings. The van der Waals surface area contributed by atoms with E-state index in [1.807, 2.05) is 31.2 Å². The van der Waals surface area contributed by atoms with Gasteiger partial charge in [-0.15, -0.1) is 0 Å². The molecule has 1 heterocycles. The van der Waals surface area contributed by atoms with Crippen molar-refractivity contribution < 1.29 is 17.9 Å². The molecule has 0 aliphatic carbocycles. The van der Waals surface area contributed by atoms with Crippen molar-refractivity contribution >= 4 is 15.9 Å². The maximum absolute atomic E-state index is 13.1. The monoisotopic (exact) mass is 416 g/mol. The quantitative estimate of drug-likeness (QED) is 0.780. The van der Waals surface area contributed by atoms with Crippen molar-refractivity contribution in [1.29, 1.82) is 0 Å². The molecule has 1 saturated heterocycles. The number of hydrogen-bond acceptors (Lipinski definition) is 4. The average Bonchev–Trinajstić information content (AvgIpc) is 2.74. The normalized spacial score (nSPS) is 16.2. The third kappa shape index (κ3) is 4.62. The molecular weight excluding hydrogens is 388 g/mol. The van der Waals surface area contributed by atoms with Crippen molar-refractivity contribution in [2.24, 2.45) is 0 Å². The summed E-state index contributed by atoms with van der Waals surface area (Å²) in [5, 5.41) is 2.94. The Hall–Kier alpha value is -2.38. The van der Waals surface area contributed by atoms with E-state index in [0.29, 0.717) is 30.0 Å². The predicted molar refractivity (Wildman–Crippen MR) is 113 cm³/mol. The van der Waals surface area contributed by atoms with Crippen LogP contribution in [0.5, 0.6) is 5.75 Å². The molecule has 0 spiro atoms. The second kappa shape index (κ2) is 8.97. The Bertz CT molecular complexity index is 982. The predicted octanol–water partition coefficient (Wildman–Crippen LogP) is 3.67. The molecule has 29 heavy (non-hydrogen) atoms. The Kier molecular flexibility index (Phi) is 6.59. The summed E-state index contributed by atoms with van der Waals surface area (Å²) in [6.07, 6.45) is 2.79. The lowest BCUT2D eigenvalue weighted by atomic mass is 10.1. The first-order valence-electron chi connectivity index (χ1n) is 9.89. The number of ether oxygens (including phenoxy) is 1. The standard InChI is InChI=1S/C22H28N2O4S/c1-16-11-12-18(15-21(16)29(26,27)24-13-7-4-8-14-24)22(25)23-17(2)19-9-5-6-10-20(19)28-3/h5-6,9-12,15,17H,4,7-8,13-14H2,1-3H3,(H,23,25). The molecule has 0 radical (unpaired) electrons. The molecule has 0 aromatic heterocycles. The SMILES string of the molecule is COc1ccccc1C(C)NC(=O)c1ccc(C)c(S(=O)(=O)N2CCCCC2)c1. The summed E-state index contributed by atoms with van der Waals surface area (Å²) in [5.41, 5.74) is 1.83. The Balaban J connectivity index is 1.84. The molecule has 1 aliphatic heterocycles. The highest BCUT2D eigenvalue weighted by Gasteiger charge is 2.28. The molecule has 1 aliphatic rings. The van der Waals surface area contributed by atoms with E-state index in [1.165, 1.54) is 10.4 Å². The van der Waals surface area contributed by atoms with Gasteiger partial charge in [-0.05, 0) is 50.5 Å². The smallest absolute Gasteiger partial charge is 0.251 e. The Morgan fingerprint density at radius 2 is 1.79 bits per heavy atom. The van der Waals surface area contributed by atoms with Crippen LogP contribution in [0.15, 0.2) is 47.4 Å². The molecule has 1 atom stereocenters. The molecule has 0 bridgehead atoms. The van der Waals surface area contributed by atoms with Crippen LogP contribution in [0.25, 0.3) is 0 Å². The second-order valence-corrected chi connectivity index (χ2v) is 9.29. The van der Waals surface area contributed by atoms with Crippen molar-refractivity contribution in [1.82, 2.24) is 9.62 Å². The van der Waals surface area contributed by atoms with E-state index >= 15 is 0 Å². The number of nitrogens with zero attached hydrogens (tertiary/aromatic N) is 1. The van der Waals surface area contributed by atoms with Crippen LogP contribution in [0.3, 0.4) is 0 Å². The van der Waals surface area contributed by atoms with E-state index < -0.39 is 10.0 Å². The zero-order chi connectivity index (χ0) is 21.0. The molecule has 1 N–H and O–H groups in total. The maximum Gasteiger partial charge on any atom is 0.251 e. The van der Waals surface area contributed by atoms with E-state index in [0.717, 1.165) is 24.8 Å². The van der Waals surface area contributed by atoms with E-state index in [1.54, 1.807) is 26.2 Å². The summed E-state index contributed by atoms with van der Waals surface area (Å²) >= 11 is 0. The number of carbonyl (C=O) groups is 1. The summed E-state index contributed by atoms with van der Waals surface area (Å²) in [6, 6.07) is 12.0. The number of hydrogen-bond donors (Lipinski definition) is 1. The van der Waals surface area contributed by atoms with E-state index in [-0.39, 0.29) is 16.8 Å². The molecule has 1 unspecified atom stereocenters. The Morgan fingerprint density at radius 3 is 2.48 bits per heavy atom. The minimum Gasteiger partial charge on any atom is -0.496 e. The number of sulfonamides is 1. The van der Waals surface area contributed by atoms with Gasteiger partial charge in [-0.3, -0.25) is 4.79 Å². The number of benzene rings is 2. The van der Waals surface area contributed by atoms with Crippen LogP contribution < -0.4 is 10.1 Å². The summed E-state index contributed by atoms with van der Waals surface area (Å²) in [6.45, 7) is 4.69. The van der Waals surface area contributed by atoms with E-state index in [2.05, 4.69) is 5.32 Å². The Labute approximate surface area is 172 Å². The number of nitrogens with one attached hydrogen (secondary N) is 1. The lowest BCUT2D eigenvalue weighted by Gasteiger charge is -2.26. The van der Waals surface area contributed by atoms with Gasteiger partial charge in [0, 0.05) is 24.2 Å². The van der Waals surface area contributed by atoms with E-state index in [4.69, 9.17) is 4.74 Å². The molecular formula is C22H28N2O4S. The summed E-state index contributed by atoms with van der Waals surface area (Å²) in [7, 11) is -2.02. The molecule has 6 nitrogen and oxygen atoms in total. The van der Waals surface area contributed by atoms with Crippen molar-refractivity contribution in [2.45, 2.75) is 44.0 Å². The summed E-state index contributed by atoms with van der Waals surface area (Å²) < 4.78 is 33.1. The fourth-order valence-corrected chi connectivity index (χ4v) is 5.41. The van der Waals surface area contributed by atoms with Crippen molar-refractivity contribution in [2.75, 3.05) is 20.2 Å². The highest BCUT2D eigenvalue weighted by molar-refractivity contribution is 7.89. The second-order valence-electron chi connectivity index (χ2n) is 7.38. The van der Waals surface area contributed by atoms with Gasteiger partial charge in [-0.2, -0.15) is 4.31 Å². The number of piperidine rings is 1. The topological polar surface area (TPSA) is 75.7 Å². The molecule has 7 heteroatoms. The molecule has 2 aromatic rings. The van der Waals surface area contributed by atoms with Gasteiger partial charge in [0.1, 0.15) is 5.75 Å². The fourth-order valence-electron chi connectivity index (χ4n) is 3.65. The first-order chi connectivity index (χ1) is 13.8. The number of aryl methyl sites for hydroxylation is 1. The summed E-state index contributed by atoms with van der Waals surface area (Å²) in [4.78, 5) is 13.0. The van der Waals surface area contributed by atoms with Crippen LogP contribution in [-0.4, -0.2) is 38.8 Å². The van der Waals surface area contributed by atoms with Gasteiger partial charge in [0.25, 0.3) is 5.91 Å². The average molecular weight is 417 g/mol. The van der Waals surface area contributed by atoms with Crippen LogP contribution in [0.4, 0.5) is 0 Å². The van der Waals surface area contributed by atoms with Crippen molar-refractivity contribution in [3.05, 3.63) is 59.2 Å². The van der Waals surface area contributed by atoms with Crippen LogP contribution in [0.2, 0.25) is 0 Å². The number of para-hydroxylation sites is 1. The van der Waals surface area contributed by atoms with Crippen LogP contribution >= 0.6 is 0 Å². The van der Waals surface area contributed by atoms with Crippen LogP contribution in [0, 0.1) is 6.92 Å². The van der Waals surface area contributed by atoms with Crippen LogP contribution in [0.1, 0.15) is 53.7 Å². The highest BCUT2D eigenvalue weighted by atomic mass is 32.2. The Morgan fingerprint density at radius 1 is 1.10 bits per heavy atom. The minimum atomic E-state index is -3.61. The molecule has 0 saturated carbocycles. The fraction of sp³-hybridized carbons (Fsp3) is 0.409. The highest BCUT2D eigenvalue weighted by Crippen LogP contribution is 2.26. The third-order valence-electron chi connectivity index (χ3n) is 5.34. The lowest BCUT2D eigenvalue weighted by molar-refractivity contribution is 0.0939. The first-order valence-corrected chi connectivity index (χ1v) is 11.3. The largest absolute Gasteiger partial charge is 0.496 e. The molecule has 3 rings (SSSR count). The minimum absolute atomic E-state index is 0.206. The van der Waals surface area contributed by atoms with Gasteiger partial charge in [-0.25, -0.2) is 8.42 Å². The molecule has 156 valence electrons. The maximum atomic E-state index is 13.1. The van der Waals surface area contributed by atoms with Gasteiger partial charge in [0.15, 0.2) is 0 Å². The van der Waals surface area contributed by atoms with Crippen molar-refractivity contribution in [3.8, 4) is 5.75 Å². The zero-order valence-electron chi connectivity index (χ0n) is 17.1. The summed E-state index contributed by atoms with van der Waals surface area (Å²) in [5.74, 6) is 0.371. The van der Waals surface area contributed by atoms with Gasteiger partial charge < -0.3 is 10.1 Å². The first kappa shape index (κ1) is 21.3. The number of rotatable bonds is 6. The number of methoxy groups -OCH3 is 1. The van der Waals surface area contributed by atoms with Gasteiger partial charge in [0.05, 0.1) is 18.0 Å². The molecule has 1 amide bonds. The zero-order valence-corrected chi connectivity index (χ0v) is 18.0. The van der Waals surface area contributed by atoms with Crippen LogP contribution in [-0.2, 0) is 10.0 Å². The molecule has 2 aromatic carbocycles. The third-order valence-corrected chi connectivity index (χ3v) is 7.38. The van der Waals surface area contributed by atoms with E-state index in [9.17, 15) is 13.2 Å². The van der Waals surface area contributed by atoms with Gasteiger partial charge in [0.2, 0.25) is 10.0 Å². The number of carbonyl (C=O) groups excluding carboxylic acids is 1. The number of amides is 1.